The summed E-state index contributed by atoms with van der Waals surface area (Å²) in [5.41, 5.74) is -1.88. The smallest absolute Gasteiger partial charge is 0.434 e. The van der Waals surface area contributed by atoms with Crippen LogP contribution < -0.4 is 4.74 Å². The first-order valence-corrected chi connectivity index (χ1v) is 4.94. The minimum atomic E-state index is -4.69. The quantitative estimate of drug-likeness (QED) is 0.598. The first-order valence-electron chi connectivity index (χ1n) is 3.86. The van der Waals surface area contributed by atoms with Gasteiger partial charge in [-0.15, -0.1) is 0 Å². The van der Waals surface area contributed by atoms with Crippen molar-refractivity contribution in [3.63, 3.8) is 0 Å². The predicted molar refractivity (Wildman–Crippen MR) is 53.5 cm³/mol. The van der Waals surface area contributed by atoms with Crippen LogP contribution in [0.1, 0.15) is 17.7 Å². The highest BCUT2D eigenvalue weighted by atomic mass is 127. The summed E-state index contributed by atoms with van der Waals surface area (Å²) in [6.45, 7) is 0. The second-order valence-corrected chi connectivity index (χ2v) is 3.79. The largest absolute Gasteiger partial charge is 0.495 e. The average Bonchev–Trinajstić information content (AvgIpc) is 2.14. The van der Waals surface area contributed by atoms with Gasteiger partial charge in [0, 0.05) is 6.20 Å². The number of aromatic nitrogens is 1. The molecule has 90 valence electrons. The van der Waals surface area contributed by atoms with Gasteiger partial charge < -0.3 is 4.74 Å². The summed E-state index contributed by atoms with van der Waals surface area (Å²) in [5.74, 6) is -0.488. The molecule has 0 aliphatic heterocycles. The van der Waals surface area contributed by atoms with Crippen LogP contribution >= 0.6 is 22.6 Å². The molecule has 0 fully saturated rings. The minimum absolute atomic E-state index is 0.467. The first-order chi connectivity index (χ1) is 7.29. The Balaban J connectivity index is 3.41. The Hall–Kier alpha value is -0.670. The fourth-order valence-electron chi connectivity index (χ4n) is 1.04. The van der Waals surface area contributed by atoms with Gasteiger partial charge in [0.05, 0.1) is 16.2 Å². The maximum absolute atomic E-state index is 12.4. The van der Waals surface area contributed by atoms with Crippen molar-refractivity contribution in [2.75, 3.05) is 7.11 Å². The molecule has 0 unspecified atom stereocenters. The van der Waals surface area contributed by atoms with Gasteiger partial charge in [0.25, 0.3) is 6.43 Å². The number of pyridine rings is 1. The fraction of sp³-hybridized carbons (Fsp3) is 0.375. The Morgan fingerprint density at radius 3 is 2.31 bits per heavy atom. The van der Waals surface area contributed by atoms with Crippen molar-refractivity contribution in [3.05, 3.63) is 21.0 Å². The number of ether oxygens (including phenoxy) is 1. The zero-order chi connectivity index (χ0) is 12.5. The zero-order valence-corrected chi connectivity index (χ0v) is 9.94. The molecule has 0 aliphatic carbocycles. The van der Waals surface area contributed by atoms with Crippen molar-refractivity contribution in [2.24, 2.45) is 0 Å². The van der Waals surface area contributed by atoms with E-state index in [1.165, 1.54) is 22.6 Å². The van der Waals surface area contributed by atoms with Gasteiger partial charge in [0.1, 0.15) is 5.75 Å². The van der Waals surface area contributed by atoms with E-state index < -0.39 is 33.2 Å². The molecule has 0 saturated carbocycles. The summed E-state index contributed by atoms with van der Waals surface area (Å²) in [5, 5.41) is 0. The van der Waals surface area contributed by atoms with E-state index in [-0.39, 0.29) is 0 Å². The van der Waals surface area contributed by atoms with E-state index in [0.29, 0.717) is 6.20 Å². The number of rotatable bonds is 2. The van der Waals surface area contributed by atoms with Gasteiger partial charge >= 0.3 is 6.18 Å². The summed E-state index contributed by atoms with van der Waals surface area (Å²) in [4.78, 5) is 2.99. The van der Waals surface area contributed by atoms with Gasteiger partial charge in [-0.25, -0.2) is 13.8 Å². The first kappa shape index (κ1) is 13.4. The summed E-state index contributed by atoms with van der Waals surface area (Å²) < 4.78 is 66.1. The SMILES string of the molecule is COc1c(C(F)F)cnc(C(F)(F)F)c1I. The van der Waals surface area contributed by atoms with Crippen LogP contribution in [-0.2, 0) is 6.18 Å². The molecule has 1 rings (SSSR count). The molecule has 0 bridgehead atoms. The predicted octanol–water partition coefficient (Wildman–Crippen LogP) is 3.65. The van der Waals surface area contributed by atoms with Crippen LogP contribution in [0.4, 0.5) is 22.0 Å². The van der Waals surface area contributed by atoms with E-state index >= 15 is 0 Å². The number of hydrogen-bond donors (Lipinski definition) is 0. The van der Waals surface area contributed by atoms with Gasteiger partial charge in [-0.1, -0.05) is 0 Å². The van der Waals surface area contributed by atoms with Crippen molar-refractivity contribution >= 4 is 22.6 Å². The highest BCUT2D eigenvalue weighted by Gasteiger charge is 2.37. The number of halogens is 6. The fourth-order valence-corrected chi connectivity index (χ4v) is 2.02. The Morgan fingerprint density at radius 1 is 1.38 bits per heavy atom. The van der Waals surface area contributed by atoms with Gasteiger partial charge in [-0.3, -0.25) is 0 Å². The van der Waals surface area contributed by atoms with Crippen LogP contribution in [0, 0.1) is 3.57 Å². The molecule has 0 aliphatic rings. The van der Waals surface area contributed by atoms with Crippen LogP contribution in [0.3, 0.4) is 0 Å². The third kappa shape index (κ3) is 2.53. The highest BCUT2D eigenvalue weighted by molar-refractivity contribution is 14.1. The molecule has 0 spiro atoms. The zero-order valence-electron chi connectivity index (χ0n) is 7.78. The lowest BCUT2D eigenvalue weighted by molar-refractivity contribution is -0.142. The van der Waals surface area contributed by atoms with Crippen molar-refractivity contribution in [1.82, 2.24) is 4.98 Å². The monoisotopic (exact) mass is 353 g/mol. The maximum atomic E-state index is 12.4. The Labute approximate surface area is 101 Å². The molecule has 8 heteroatoms. The molecule has 16 heavy (non-hydrogen) atoms. The Bertz CT molecular complexity index is 393. The molecule has 0 radical (unpaired) electrons. The third-order valence-corrected chi connectivity index (χ3v) is 2.71. The Kier molecular flexibility index (Phi) is 3.92. The number of nitrogens with zero attached hydrogens (tertiary/aromatic N) is 1. The van der Waals surface area contributed by atoms with Crippen LogP contribution in [0.2, 0.25) is 0 Å². The van der Waals surface area contributed by atoms with Gasteiger partial charge in [0.15, 0.2) is 5.69 Å². The van der Waals surface area contributed by atoms with Crippen LogP contribution in [0.5, 0.6) is 5.75 Å². The second-order valence-electron chi connectivity index (χ2n) is 2.71. The number of hydrogen-bond acceptors (Lipinski definition) is 2. The summed E-state index contributed by atoms with van der Waals surface area (Å²) >= 11 is 1.28. The van der Waals surface area contributed by atoms with E-state index in [1.54, 1.807) is 0 Å². The van der Waals surface area contributed by atoms with E-state index in [0.717, 1.165) is 7.11 Å². The lowest BCUT2D eigenvalue weighted by atomic mass is 10.2. The van der Waals surface area contributed by atoms with Gasteiger partial charge in [-0.05, 0) is 22.6 Å². The molecule has 0 amide bonds. The summed E-state index contributed by atoms with van der Waals surface area (Å²) in [6, 6.07) is 0. The molecule has 1 aromatic heterocycles. The average molecular weight is 353 g/mol. The standard InChI is InChI=1S/C8H5F5INO/c1-16-5-3(7(9)10)2-15-6(4(5)14)8(11,12)13/h2,7H,1H3. The minimum Gasteiger partial charge on any atom is -0.495 e. The third-order valence-electron chi connectivity index (χ3n) is 1.71. The Morgan fingerprint density at radius 2 is 1.94 bits per heavy atom. The van der Waals surface area contributed by atoms with E-state index in [1.807, 2.05) is 0 Å². The summed E-state index contributed by atoms with van der Waals surface area (Å²) in [7, 11) is 1.03. The number of alkyl halides is 5. The summed E-state index contributed by atoms with van der Waals surface area (Å²) in [6.07, 6.45) is -7.14. The second kappa shape index (κ2) is 4.68. The van der Waals surface area contributed by atoms with Crippen molar-refractivity contribution < 1.29 is 26.7 Å². The van der Waals surface area contributed by atoms with Crippen molar-refractivity contribution in [2.45, 2.75) is 12.6 Å². The molecule has 1 aromatic rings. The van der Waals surface area contributed by atoms with Crippen LogP contribution in [0.15, 0.2) is 6.20 Å². The molecule has 0 N–H and O–H groups in total. The lowest BCUT2D eigenvalue weighted by Gasteiger charge is -2.14. The van der Waals surface area contributed by atoms with Gasteiger partial charge in [0.2, 0.25) is 0 Å². The molecular formula is C8H5F5INO. The molecule has 1 heterocycles. The molecule has 2 nitrogen and oxygen atoms in total. The molecule has 0 atom stereocenters. The normalized spacial score (nSPS) is 12.0. The highest BCUT2D eigenvalue weighted by Crippen LogP contribution is 2.39. The molecule has 0 aromatic carbocycles. The van der Waals surface area contributed by atoms with Gasteiger partial charge in [-0.2, -0.15) is 13.2 Å². The van der Waals surface area contributed by atoms with E-state index in [4.69, 9.17) is 0 Å². The maximum Gasteiger partial charge on any atom is 0.434 e. The van der Waals surface area contributed by atoms with E-state index in [2.05, 4.69) is 9.72 Å². The van der Waals surface area contributed by atoms with E-state index in [9.17, 15) is 22.0 Å². The molecule has 0 saturated heterocycles. The molecular weight excluding hydrogens is 348 g/mol. The van der Waals surface area contributed by atoms with Crippen LogP contribution in [-0.4, -0.2) is 12.1 Å². The topological polar surface area (TPSA) is 22.1 Å². The van der Waals surface area contributed by atoms with Crippen LogP contribution in [0.25, 0.3) is 0 Å². The van der Waals surface area contributed by atoms with Crippen molar-refractivity contribution in [1.29, 1.82) is 0 Å². The lowest BCUT2D eigenvalue weighted by Crippen LogP contribution is -2.12. The van der Waals surface area contributed by atoms with Crippen molar-refractivity contribution in [3.8, 4) is 5.75 Å². The number of methoxy groups -OCH3 is 1.